The number of ether oxygens (including phenoxy) is 1. The second-order valence-electron chi connectivity index (χ2n) is 7.74. The van der Waals surface area contributed by atoms with Crippen LogP contribution in [-0.2, 0) is 9.53 Å². The Balaban J connectivity index is 0.00000312. The summed E-state index contributed by atoms with van der Waals surface area (Å²) in [5.41, 5.74) is 0. The molecule has 0 aromatic carbocycles. The third kappa shape index (κ3) is 8.11. The molecule has 1 saturated carbocycles. The van der Waals surface area contributed by atoms with E-state index in [1.54, 1.807) is 19.0 Å². The van der Waals surface area contributed by atoms with Crippen LogP contribution in [0.4, 0.5) is 0 Å². The number of aliphatic imine (C=N–C) groups is 1. The topological polar surface area (TPSA) is 66.0 Å². The normalized spacial score (nSPS) is 28.0. The van der Waals surface area contributed by atoms with Gasteiger partial charge in [0, 0.05) is 39.4 Å². The van der Waals surface area contributed by atoms with Gasteiger partial charge in [0.15, 0.2) is 5.96 Å². The zero-order valence-electron chi connectivity index (χ0n) is 16.1. The Bertz CT molecular complexity index is 429. The number of carbonyl (C=O) groups excluding carboxylic acids is 1. The Labute approximate surface area is 169 Å². The van der Waals surface area contributed by atoms with E-state index < -0.39 is 0 Å². The second kappa shape index (κ2) is 11.2. The first kappa shape index (κ1) is 22.5. The fourth-order valence-corrected chi connectivity index (χ4v) is 3.71. The summed E-state index contributed by atoms with van der Waals surface area (Å²) < 4.78 is 5.43. The summed E-state index contributed by atoms with van der Waals surface area (Å²) in [4.78, 5) is 18.0. The van der Waals surface area contributed by atoms with Crippen LogP contribution in [0.15, 0.2) is 4.99 Å². The first-order chi connectivity index (χ1) is 11.4. The van der Waals surface area contributed by atoms with Crippen LogP contribution in [0.25, 0.3) is 0 Å². The summed E-state index contributed by atoms with van der Waals surface area (Å²) in [5.74, 6) is 2.27. The monoisotopic (exact) mass is 466 g/mol. The Morgan fingerprint density at radius 2 is 1.60 bits per heavy atom. The molecule has 25 heavy (non-hydrogen) atoms. The molecular formula is C18H35IN4O2. The Hall–Kier alpha value is -0.570. The third-order valence-corrected chi connectivity index (χ3v) is 4.95. The van der Waals surface area contributed by atoms with E-state index in [4.69, 9.17) is 4.74 Å². The number of nitrogens with zero attached hydrogens (tertiary/aromatic N) is 2. The van der Waals surface area contributed by atoms with Crippen LogP contribution in [0.2, 0.25) is 0 Å². The molecule has 1 amide bonds. The summed E-state index contributed by atoms with van der Waals surface area (Å²) >= 11 is 0. The number of amides is 1. The molecule has 2 N–H and O–H groups in total. The number of guanidine groups is 1. The summed E-state index contributed by atoms with van der Waals surface area (Å²) in [6, 6.07) is 0.808. The van der Waals surface area contributed by atoms with E-state index >= 15 is 0 Å². The molecule has 146 valence electrons. The molecule has 1 aliphatic heterocycles. The molecule has 2 fully saturated rings. The van der Waals surface area contributed by atoms with Gasteiger partial charge in [-0.25, -0.2) is 4.99 Å². The van der Waals surface area contributed by atoms with Gasteiger partial charge in [0.2, 0.25) is 5.91 Å². The SMILES string of the molecule is CC1CC(C)CC(NC(=NCC(=O)N(C)C)NC2CCOCC2)C1.I. The van der Waals surface area contributed by atoms with Crippen LogP contribution in [0.5, 0.6) is 0 Å². The lowest BCUT2D eigenvalue weighted by Gasteiger charge is -2.34. The standard InChI is InChI=1S/C18H34N4O2.HI/c1-13-9-14(2)11-16(10-13)21-18(19-12-17(23)22(3)4)20-15-5-7-24-8-6-15;/h13-16H,5-12H2,1-4H3,(H2,19,20,21);1H. The number of carbonyl (C=O) groups is 1. The van der Waals surface area contributed by atoms with Crippen molar-refractivity contribution in [2.75, 3.05) is 33.9 Å². The molecule has 0 radical (unpaired) electrons. The molecule has 0 aromatic rings. The van der Waals surface area contributed by atoms with Crippen molar-refractivity contribution in [2.45, 2.75) is 58.0 Å². The van der Waals surface area contributed by atoms with Crippen molar-refractivity contribution < 1.29 is 9.53 Å². The van der Waals surface area contributed by atoms with Gasteiger partial charge in [-0.1, -0.05) is 13.8 Å². The third-order valence-electron chi connectivity index (χ3n) is 4.95. The summed E-state index contributed by atoms with van der Waals surface area (Å²) in [6.07, 6.45) is 5.61. The van der Waals surface area contributed by atoms with Gasteiger partial charge in [0.1, 0.15) is 6.54 Å². The van der Waals surface area contributed by atoms with Crippen molar-refractivity contribution in [2.24, 2.45) is 16.8 Å². The van der Waals surface area contributed by atoms with Gasteiger partial charge in [0.25, 0.3) is 0 Å². The van der Waals surface area contributed by atoms with E-state index in [1.165, 1.54) is 19.3 Å². The van der Waals surface area contributed by atoms with Crippen molar-refractivity contribution in [3.05, 3.63) is 0 Å². The van der Waals surface area contributed by atoms with E-state index in [2.05, 4.69) is 29.5 Å². The molecule has 6 nitrogen and oxygen atoms in total. The molecule has 0 spiro atoms. The fraction of sp³-hybridized carbons (Fsp3) is 0.889. The van der Waals surface area contributed by atoms with E-state index in [0.29, 0.717) is 12.1 Å². The van der Waals surface area contributed by atoms with Gasteiger partial charge in [-0.3, -0.25) is 4.79 Å². The van der Waals surface area contributed by atoms with Crippen LogP contribution in [-0.4, -0.2) is 62.7 Å². The first-order valence-electron chi connectivity index (χ1n) is 9.29. The molecule has 2 atom stereocenters. The molecule has 0 bridgehead atoms. The highest BCUT2D eigenvalue weighted by Gasteiger charge is 2.25. The molecule has 2 unspecified atom stereocenters. The van der Waals surface area contributed by atoms with Crippen LogP contribution in [0.1, 0.15) is 46.0 Å². The highest BCUT2D eigenvalue weighted by Crippen LogP contribution is 2.28. The maximum absolute atomic E-state index is 11.9. The first-order valence-corrected chi connectivity index (χ1v) is 9.29. The predicted octanol–water partition coefficient (Wildman–Crippen LogP) is 2.23. The number of nitrogens with one attached hydrogen (secondary N) is 2. The average Bonchev–Trinajstić information content (AvgIpc) is 2.52. The molecular weight excluding hydrogens is 431 g/mol. The number of hydrogen-bond acceptors (Lipinski definition) is 3. The highest BCUT2D eigenvalue weighted by atomic mass is 127. The van der Waals surface area contributed by atoms with E-state index in [1.807, 2.05) is 0 Å². The van der Waals surface area contributed by atoms with Crippen molar-refractivity contribution in [1.29, 1.82) is 0 Å². The zero-order valence-corrected chi connectivity index (χ0v) is 18.4. The summed E-state index contributed by atoms with van der Waals surface area (Å²) in [6.45, 7) is 6.41. The molecule has 1 aliphatic carbocycles. The molecule has 2 rings (SSSR count). The van der Waals surface area contributed by atoms with Crippen LogP contribution in [0.3, 0.4) is 0 Å². The van der Waals surface area contributed by atoms with Gasteiger partial charge in [0.05, 0.1) is 0 Å². The predicted molar refractivity (Wildman–Crippen MR) is 112 cm³/mol. The minimum atomic E-state index is 0. The van der Waals surface area contributed by atoms with Crippen LogP contribution in [0, 0.1) is 11.8 Å². The van der Waals surface area contributed by atoms with Gasteiger partial charge >= 0.3 is 0 Å². The smallest absolute Gasteiger partial charge is 0.243 e. The molecule has 2 aliphatic rings. The molecule has 0 aromatic heterocycles. The summed E-state index contributed by atoms with van der Waals surface area (Å²) in [7, 11) is 3.53. The Morgan fingerprint density at radius 3 is 2.16 bits per heavy atom. The summed E-state index contributed by atoms with van der Waals surface area (Å²) in [5, 5.41) is 7.10. The van der Waals surface area contributed by atoms with E-state index in [-0.39, 0.29) is 36.4 Å². The number of hydrogen-bond donors (Lipinski definition) is 2. The molecule has 1 saturated heterocycles. The average molecular weight is 466 g/mol. The maximum Gasteiger partial charge on any atom is 0.243 e. The lowest BCUT2D eigenvalue weighted by atomic mass is 9.80. The zero-order chi connectivity index (χ0) is 17.5. The van der Waals surface area contributed by atoms with Crippen LogP contribution >= 0.6 is 24.0 Å². The fourth-order valence-electron chi connectivity index (χ4n) is 3.71. The number of likely N-dealkylation sites (N-methyl/N-ethyl adjacent to an activating group) is 1. The molecule has 7 heteroatoms. The largest absolute Gasteiger partial charge is 0.381 e. The van der Waals surface area contributed by atoms with Crippen molar-refractivity contribution in [3.63, 3.8) is 0 Å². The minimum absolute atomic E-state index is 0. The van der Waals surface area contributed by atoms with Crippen molar-refractivity contribution in [3.8, 4) is 0 Å². The Morgan fingerprint density at radius 1 is 1.04 bits per heavy atom. The van der Waals surface area contributed by atoms with Crippen molar-refractivity contribution >= 4 is 35.8 Å². The number of rotatable bonds is 4. The quantitative estimate of drug-likeness (QED) is 0.379. The lowest BCUT2D eigenvalue weighted by Crippen LogP contribution is -2.50. The highest BCUT2D eigenvalue weighted by molar-refractivity contribution is 14.0. The van der Waals surface area contributed by atoms with Crippen molar-refractivity contribution in [1.82, 2.24) is 15.5 Å². The second-order valence-corrected chi connectivity index (χ2v) is 7.74. The van der Waals surface area contributed by atoms with Gasteiger partial charge < -0.3 is 20.3 Å². The minimum Gasteiger partial charge on any atom is -0.381 e. The lowest BCUT2D eigenvalue weighted by molar-refractivity contribution is -0.127. The Kier molecular flexibility index (Phi) is 10.1. The molecule has 1 heterocycles. The van der Waals surface area contributed by atoms with Gasteiger partial charge in [-0.2, -0.15) is 0 Å². The number of halogens is 1. The van der Waals surface area contributed by atoms with Gasteiger partial charge in [-0.05, 0) is 43.9 Å². The van der Waals surface area contributed by atoms with Gasteiger partial charge in [-0.15, -0.1) is 24.0 Å². The maximum atomic E-state index is 11.9. The van der Waals surface area contributed by atoms with E-state index in [9.17, 15) is 4.79 Å². The van der Waals surface area contributed by atoms with Crippen LogP contribution < -0.4 is 10.6 Å². The van der Waals surface area contributed by atoms with E-state index in [0.717, 1.165) is 43.9 Å².